The van der Waals surface area contributed by atoms with Gasteiger partial charge in [-0.1, -0.05) is 0 Å². The lowest BCUT2D eigenvalue weighted by Crippen LogP contribution is -2.61. The molecule has 0 radical (unpaired) electrons. The van der Waals surface area contributed by atoms with Crippen LogP contribution in [-0.2, 0) is 0 Å². The van der Waals surface area contributed by atoms with Crippen LogP contribution in [0.4, 0.5) is 5.82 Å². The number of piperidine rings is 3. The Balaban J connectivity index is 1.53. The molecule has 0 aromatic carbocycles. The summed E-state index contributed by atoms with van der Waals surface area (Å²) >= 11 is 0. The third-order valence-corrected chi connectivity index (χ3v) is 4.73. The van der Waals surface area contributed by atoms with E-state index in [-0.39, 0.29) is 0 Å². The minimum absolute atomic E-state index is 0.392. The maximum absolute atomic E-state index is 6.20. The average Bonchev–Trinajstić information content (AvgIpc) is 2.35. The van der Waals surface area contributed by atoms with Gasteiger partial charge in [0.25, 0.3) is 0 Å². The van der Waals surface area contributed by atoms with E-state index in [0.717, 1.165) is 11.7 Å². The predicted octanol–water partition coefficient (Wildman–Crippen LogP) is 1.38. The Hall–Kier alpha value is -1.29. The number of hydrogen-bond donors (Lipinski definition) is 1. The van der Waals surface area contributed by atoms with Gasteiger partial charge in [-0.3, -0.25) is 0 Å². The third-order valence-electron chi connectivity index (χ3n) is 4.73. The second kappa shape index (κ2) is 3.85. The first-order chi connectivity index (χ1) is 8.78. The van der Waals surface area contributed by atoms with Gasteiger partial charge in [0, 0.05) is 31.5 Å². The lowest BCUT2D eigenvalue weighted by Gasteiger charge is -2.55. The first-order valence-corrected chi connectivity index (χ1v) is 6.88. The molecule has 2 atom stereocenters. The van der Waals surface area contributed by atoms with E-state index in [2.05, 4.69) is 9.88 Å². The predicted molar refractivity (Wildman–Crippen MR) is 69.2 cm³/mol. The van der Waals surface area contributed by atoms with E-state index < -0.39 is 0 Å². The van der Waals surface area contributed by atoms with E-state index in [0.29, 0.717) is 23.8 Å². The Morgan fingerprint density at radius 2 is 1.94 bits per heavy atom. The molecule has 0 unspecified atom stereocenters. The van der Waals surface area contributed by atoms with Crippen molar-refractivity contribution in [2.45, 2.75) is 18.9 Å². The fourth-order valence-electron chi connectivity index (χ4n) is 4.17. The average molecular weight is 245 g/mol. The van der Waals surface area contributed by atoms with Crippen LogP contribution in [0.15, 0.2) is 18.3 Å². The van der Waals surface area contributed by atoms with Gasteiger partial charge in [-0.2, -0.15) is 0 Å². The molecule has 1 saturated carbocycles. The molecule has 0 amide bonds. The summed E-state index contributed by atoms with van der Waals surface area (Å²) in [5.41, 5.74) is 5.60. The van der Waals surface area contributed by atoms with Crippen molar-refractivity contribution >= 4 is 5.82 Å². The van der Waals surface area contributed by atoms with Crippen LogP contribution in [0.5, 0.6) is 5.75 Å². The van der Waals surface area contributed by atoms with Crippen LogP contribution in [-0.4, -0.2) is 35.6 Å². The topological polar surface area (TPSA) is 51.4 Å². The fraction of sp³-hybridized carbons (Fsp3) is 0.643. The highest BCUT2D eigenvalue weighted by atomic mass is 16.5. The minimum atomic E-state index is 0.392. The third kappa shape index (κ3) is 1.67. The van der Waals surface area contributed by atoms with Crippen LogP contribution in [0.2, 0.25) is 0 Å². The molecule has 5 rings (SSSR count). The molecule has 18 heavy (non-hydrogen) atoms. The molecule has 4 aliphatic rings. The highest BCUT2D eigenvalue weighted by Gasteiger charge is 2.48. The van der Waals surface area contributed by atoms with Crippen molar-refractivity contribution < 1.29 is 4.74 Å². The Kier molecular flexibility index (Phi) is 2.27. The quantitative estimate of drug-likeness (QED) is 0.855. The van der Waals surface area contributed by atoms with Crippen LogP contribution in [0.25, 0.3) is 0 Å². The first kappa shape index (κ1) is 10.6. The van der Waals surface area contributed by atoms with E-state index in [1.807, 2.05) is 12.1 Å². The molecular formula is C14H19N3O. The van der Waals surface area contributed by atoms with E-state index in [4.69, 9.17) is 10.5 Å². The van der Waals surface area contributed by atoms with Gasteiger partial charge < -0.3 is 15.4 Å². The van der Waals surface area contributed by atoms with Crippen molar-refractivity contribution in [1.29, 1.82) is 0 Å². The van der Waals surface area contributed by atoms with Crippen molar-refractivity contribution in [3.05, 3.63) is 18.3 Å². The largest absolute Gasteiger partial charge is 0.488 e. The summed E-state index contributed by atoms with van der Waals surface area (Å²) in [6.45, 7) is 3.77. The van der Waals surface area contributed by atoms with Gasteiger partial charge in [0.1, 0.15) is 17.7 Å². The van der Waals surface area contributed by atoms with Crippen LogP contribution in [0.1, 0.15) is 12.8 Å². The van der Waals surface area contributed by atoms with Crippen LogP contribution >= 0.6 is 0 Å². The number of nitrogens with two attached hydrogens (primary N) is 1. The van der Waals surface area contributed by atoms with E-state index in [1.165, 1.54) is 32.5 Å². The number of anilines is 1. The fourth-order valence-corrected chi connectivity index (χ4v) is 4.17. The summed E-state index contributed by atoms with van der Waals surface area (Å²) in [5.74, 6) is 3.78. The molecule has 0 spiro atoms. The molecule has 4 heterocycles. The first-order valence-electron chi connectivity index (χ1n) is 6.88. The molecule has 3 aliphatic heterocycles. The normalized spacial score (nSPS) is 41.0. The Labute approximate surface area is 107 Å². The number of rotatable bonds is 2. The zero-order valence-electron chi connectivity index (χ0n) is 10.5. The summed E-state index contributed by atoms with van der Waals surface area (Å²) in [7, 11) is 0. The molecule has 4 heteroatoms. The maximum Gasteiger partial charge on any atom is 0.138 e. The monoisotopic (exact) mass is 245 g/mol. The van der Waals surface area contributed by atoms with Gasteiger partial charge in [-0.25, -0.2) is 4.98 Å². The molecule has 3 saturated heterocycles. The molecule has 2 N–H and O–H groups in total. The number of nitrogens with zero attached hydrogens (tertiary/aromatic N) is 2. The van der Waals surface area contributed by atoms with Crippen LogP contribution < -0.4 is 10.5 Å². The molecule has 1 aliphatic carbocycles. The lowest BCUT2D eigenvalue weighted by molar-refractivity contribution is -0.0985. The Morgan fingerprint density at radius 1 is 1.17 bits per heavy atom. The molecule has 1 aromatic heterocycles. The Bertz CT molecular complexity index is 417. The number of pyridine rings is 1. The summed E-state index contributed by atoms with van der Waals surface area (Å²) in [6, 6.07) is 3.75. The second-order valence-electron chi connectivity index (χ2n) is 6.08. The summed E-state index contributed by atoms with van der Waals surface area (Å²) in [5, 5.41) is 0. The van der Waals surface area contributed by atoms with Crippen molar-refractivity contribution in [3.63, 3.8) is 0 Å². The van der Waals surface area contributed by atoms with Gasteiger partial charge in [-0.05, 0) is 30.9 Å². The zero-order valence-corrected chi connectivity index (χ0v) is 10.5. The molecule has 1 aromatic rings. The standard InChI is InChI=1S/C14H19N3O/c15-13-2-1-12(5-16-13)18-14-10-3-9-4-11(14)8-17(6-9)7-10/h1-2,5,9-11,14H,3-4,6-8H2,(H2,15,16)/t9?,10-,11-,14?/m1/s1. The SMILES string of the molecule is Nc1ccc(OC2[C@@H]3CC4C[C@@H]2CN(C4)C3)cn1. The molecule has 96 valence electrons. The Morgan fingerprint density at radius 3 is 2.56 bits per heavy atom. The summed E-state index contributed by atoms with van der Waals surface area (Å²) in [4.78, 5) is 6.72. The number of hydrogen-bond acceptors (Lipinski definition) is 4. The molecule has 4 nitrogen and oxygen atoms in total. The van der Waals surface area contributed by atoms with Gasteiger partial charge in [0.05, 0.1) is 6.20 Å². The van der Waals surface area contributed by atoms with E-state index in [1.54, 1.807) is 6.20 Å². The highest BCUT2D eigenvalue weighted by Crippen LogP contribution is 2.44. The number of aromatic nitrogens is 1. The van der Waals surface area contributed by atoms with Gasteiger partial charge in [0.2, 0.25) is 0 Å². The zero-order chi connectivity index (χ0) is 12.1. The van der Waals surface area contributed by atoms with Crippen molar-refractivity contribution in [2.75, 3.05) is 25.4 Å². The maximum atomic E-state index is 6.20. The molecular weight excluding hydrogens is 226 g/mol. The number of ether oxygens (including phenoxy) is 1. The van der Waals surface area contributed by atoms with E-state index >= 15 is 0 Å². The van der Waals surface area contributed by atoms with Crippen molar-refractivity contribution in [2.24, 2.45) is 17.8 Å². The van der Waals surface area contributed by atoms with Gasteiger partial charge in [-0.15, -0.1) is 0 Å². The lowest BCUT2D eigenvalue weighted by atomic mass is 9.66. The summed E-state index contributed by atoms with van der Waals surface area (Å²) < 4.78 is 6.20. The number of nitrogen functional groups attached to an aromatic ring is 1. The summed E-state index contributed by atoms with van der Waals surface area (Å²) in [6.07, 6.45) is 4.84. The van der Waals surface area contributed by atoms with Crippen LogP contribution in [0, 0.1) is 17.8 Å². The van der Waals surface area contributed by atoms with Crippen LogP contribution in [0.3, 0.4) is 0 Å². The smallest absolute Gasteiger partial charge is 0.138 e. The minimum Gasteiger partial charge on any atom is -0.488 e. The van der Waals surface area contributed by atoms with Crippen molar-refractivity contribution in [1.82, 2.24) is 9.88 Å². The molecule has 4 fully saturated rings. The second-order valence-corrected chi connectivity index (χ2v) is 6.08. The highest BCUT2D eigenvalue weighted by molar-refractivity contribution is 5.32. The van der Waals surface area contributed by atoms with Gasteiger partial charge >= 0.3 is 0 Å². The van der Waals surface area contributed by atoms with E-state index in [9.17, 15) is 0 Å². The van der Waals surface area contributed by atoms with Gasteiger partial charge in [0.15, 0.2) is 0 Å². The van der Waals surface area contributed by atoms with Crippen molar-refractivity contribution in [3.8, 4) is 5.75 Å². The molecule has 4 bridgehead atoms.